The normalized spacial score (nSPS) is 12.1. The van der Waals surface area contributed by atoms with Gasteiger partial charge in [-0.05, 0) is 29.5 Å². The molecule has 20 heavy (non-hydrogen) atoms. The fraction of sp³-hybridized carbons (Fsp3) is 0.500. The monoisotopic (exact) mass is 296 g/mol. The Kier molecular flexibility index (Phi) is 5.69. The summed E-state index contributed by atoms with van der Waals surface area (Å²) in [6, 6.07) is 8.45. The molecule has 0 amide bonds. The molecule has 2 N–H and O–H groups in total. The van der Waals surface area contributed by atoms with Gasteiger partial charge in [0.15, 0.2) is 0 Å². The van der Waals surface area contributed by atoms with Gasteiger partial charge in [0.05, 0.1) is 17.4 Å². The van der Waals surface area contributed by atoms with Gasteiger partial charge in [0, 0.05) is 13.2 Å². The highest BCUT2D eigenvalue weighted by Crippen LogP contribution is 2.18. The molecule has 0 bridgehead atoms. The zero-order valence-electron chi connectivity index (χ0n) is 11.8. The lowest BCUT2D eigenvalue weighted by Gasteiger charge is -2.23. The van der Waals surface area contributed by atoms with Gasteiger partial charge >= 0.3 is 0 Å². The molecule has 0 aliphatic heterocycles. The number of hydrogen-bond acceptors (Lipinski definition) is 4. The minimum Gasteiger partial charge on any atom is -0.396 e. The van der Waals surface area contributed by atoms with Crippen LogP contribution in [0.15, 0.2) is 24.3 Å². The lowest BCUT2D eigenvalue weighted by atomic mass is 9.90. The molecular formula is C14H20N2O3S. The first-order valence-corrected chi connectivity index (χ1v) is 8.00. The molecule has 1 aromatic carbocycles. The number of nitrogens with zero attached hydrogens (tertiary/aromatic N) is 1. The molecule has 0 aliphatic rings. The Morgan fingerprint density at radius 2 is 1.90 bits per heavy atom. The van der Waals surface area contributed by atoms with Crippen molar-refractivity contribution in [2.75, 3.05) is 13.2 Å². The van der Waals surface area contributed by atoms with E-state index in [1.54, 1.807) is 24.3 Å². The van der Waals surface area contributed by atoms with E-state index in [-0.39, 0.29) is 24.3 Å². The molecule has 110 valence electrons. The number of rotatable bonds is 7. The first-order valence-electron chi connectivity index (χ1n) is 6.35. The molecule has 0 aromatic heterocycles. The Balaban J connectivity index is 2.63. The van der Waals surface area contributed by atoms with Crippen LogP contribution in [-0.2, 0) is 15.8 Å². The largest absolute Gasteiger partial charge is 0.396 e. The maximum Gasteiger partial charge on any atom is 0.215 e. The van der Waals surface area contributed by atoms with Crippen molar-refractivity contribution in [3.05, 3.63) is 35.4 Å². The summed E-state index contributed by atoms with van der Waals surface area (Å²) < 4.78 is 26.5. The maximum atomic E-state index is 12.0. The predicted molar refractivity (Wildman–Crippen MR) is 77.3 cm³/mol. The molecule has 0 heterocycles. The fourth-order valence-electron chi connectivity index (χ4n) is 1.64. The van der Waals surface area contributed by atoms with Crippen LogP contribution in [0.3, 0.4) is 0 Å². The van der Waals surface area contributed by atoms with Crippen molar-refractivity contribution in [2.45, 2.75) is 26.0 Å². The summed E-state index contributed by atoms with van der Waals surface area (Å²) in [5.74, 6) is -0.117. The Morgan fingerprint density at radius 3 is 2.40 bits per heavy atom. The van der Waals surface area contributed by atoms with Crippen LogP contribution in [0.5, 0.6) is 0 Å². The van der Waals surface area contributed by atoms with Crippen molar-refractivity contribution >= 4 is 10.0 Å². The Hall–Kier alpha value is -1.42. The van der Waals surface area contributed by atoms with E-state index in [0.717, 1.165) is 0 Å². The maximum absolute atomic E-state index is 12.0. The van der Waals surface area contributed by atoms with E-state index in [0.29, 0.717) is 17.5 Å². The van der Waals surface area contributed by atoms with Crippen LogP contribution in [-0.4, -0.2) is 26.7 Å². The minimum absolute atomic E-state index is 0.0321. The summed E-state index contributed by atoms with van der Waals surface area (Å²) in [4.78, 5) is 0. The molecule has 0 aliphatic carbocycles. The van der Waals surface area contributed by atoms with Crippen LogP contribution < -0.4 is 4.72 Å². The second-order valence-electron chi connectivity index (χ2n) is 5.53. The van der Waals surface area contributed by atoms with E-state index in [1.165, 1.54) is 0 Å². The average Bonchev–Trinajstić information content (AvgIpc) is 2.37. The Labute approximate surface area is 120 Å². The molecule has 1 rings (SSSR count). The van der Waals surface area contributed by atoms with Gasteiger partial charge in [-0.25, -0.2) is 13.1 Å². The summed E-state index contributed by atoms with van der Waals surface area (Å²) in [6.45, 7) is 4.11. The number of aliphatic hydroxyl groups excluding tert-OH is 1. The number of hydrogen-bond donors (Lipinski definition) is 2. The first kappa shape index (κ1) is 16.6. The second kappa shape index (κ2) is 6.84. The minimum atomic E-state index is -3.42. The van der Waals surface area contributed by atoms with E-state index in [2.05, 4.69) is 4.72 Å². The fourth-order valence-corrected chi connectivity index (χ4v) is 2.99. The molecule has 0 atom stereocenters. The van der Waals surface area contributed by atoms with Crippen LogP contribution in [0.25, 0.3) is 0 Å². The highest BCUT2D eigenvalue weighted by molar-refractivity contribution is 7.88. The standard InChI is InChI=1S/C14H20N2O3S/c1-14(2,7-8-17)11-16-20(18,19)10-13-5-3-12(9-15)4-6-13/h3-6,16-17H,7-8,10-11H2,1-2H3. The van der Waals surface area contributed by atoms with Crippen LogP contribution in [0.4, 0.5) is 0 Å². The van der Waals surface area contributed by atoms with Crippen LogP contribution in [0.1, 0.15) is 31.4 Å². The van der Waals surface area contributed by atoms with E-state index in [9.17, 15) is 8.42 Å². The molecule has 1 aromatic rings. The van der Waals surface area contributed by atoms with Crippen molar-refractivity contribution in [1.29, 1.82) is 5.26 Å². The molecule has 0 saturated carbocycles. The van der Waals surface area contributed by atoms with Crippen molar-refractivity contribution in [2.24, 2.45) is 5.41 Å². The third kappa shape index (κ3) is 5.70. The smallest absolute Gasteiger partial charge is 0.215 e. The highest BCUT2D eigenvalue weighted by Gasteiger charge is 2.20. The molecule has 6 heteroatoms. The number of nitriles is 1. The average molecular weight is 296 g/mol. The summed E-state index contributed by atoms with van der Waals surface area (Å²) >= 11 is 0. The van der Waals surface area contributed by atoms with Gasteiger partial charge in [-0.15, -0.1) is 0 Å². The number of benzene rings is 1. The van der Waals surface area contributed by atoms with Crippen molar-refractivity contribution in [3.8, 4) is 6.07 Å². The summed E-state index contributed by atoms with van der Waals surface area (Å²) in [5.41, 5.74) is 0.853. The summed E-state index contributed by atoms with van der Waals surface area (Å²) in [6.07, 6.45) is 0.534. The lowest BCUT2D eigenvalue weighted by molar-refractivity contribution is 0.213. The highest BCUT2D eigenvalue weighted by atomic mass is 32.2. The zero-order chi connectivity index (χ0) is 15.2. The summed E-state index contributed by atoms with van der Waals surface area (Å²) in [5, 5.41) is 17.6. The third-order valence-corrected chi connectivity index (χ3v) is 4.30. The van der Waals surface area contributed by atoms with Gasteiger partial charge in [0.25, 0.3) is 0 Å². The summed E-state index contributed by atoms with van der Waals surface area (Å²) in [7, 11) is -3.42. The lowest BCUT2D eigenvalue weighted by Crippen LogP contribution is -2.35. The topological polar surface area (TPSA) is 90.2 Å². The van der Waals surface area contributed by atoms with Gasteiger partial charge in [0.1, 0.15) is 0 Å². The Bertz CT molecular complexity index is 571. The number of sulfonamides is 1. The molecular weight excluding hydrogens is 276 g/mol. The first-order chi connectivity index (χ1) is 9.28. The molecule has 0 fully saturated rings. The molecule has 0 spiro atoms. The van der Waals surface area contributed by atoms with Gasteiger partial charge in [-0.2, -0.15) is 5.26 Å². The van der Waals surface area contributed by atoms with Gasteiger partial charge < -0.3 is 5.11 Å². The quantitative estimate of drug-likeness (QED) is 0.795. The van der Waals surface area contributed by atoms with Crippen LogP contribution in [0, 0.1) is 16.7 Å². The van der Waals surface area contributed by atoms with Crippen molar-refractivity contribution in [3.63, 3.8) is 0 Å². The van der Waals surface area contributed by atoms with E-state index in [4.69, 9.17) is 10.4 Å². The van der Waals surface area contributed by atoms with Gasteiger partial charge in [-0.3, -0.25) is 0 Å². The van der Waals surface area contributed by atoms with Crippen molar-refractivity contribution < 1.29 is 13.5 Å². The molecule has 0 radical (unpaired) electrons. The van der Waals surface area contributed by atoms with Gasteiger partial charge in [0.2, 0.25) is 10.0 Å². The third-order valence-electron chi connectivity index (χ3n) is 3.00. The van der Waals surface area contributed by atoms with Gasteiger partial charge in [-0.1, -0.05) is 26.0 Å². The molecule has 0 saturated heterocycles. The van der Waals surface area contributed by atoms with Crippen LogP contribution >= 0.6 is 0 Å². The molecule has 5 nitrogen and oxygen atoms in total. The number of aliphatic hydroxyl groups is 1. The SMILES string of the molecule is CC(C)(CCO)CNS(=O)(=O)Cc1ccc(C#N)cc1. The second-order valence-corrected chi connectivity index (χ2v) is 7.33. The van der Waals surface area contributed by atoms with Crippen LogP contribution in [0.2, 0.25) is 0 Å². The van der Waals surface area contributed by atoms with E-state index >= 15 is 0 Å². The number of nitrogens with one attached hydrogen (secondary N) is 1. The predicted octanol–water partition coefficient (Wildman–Crippen LogP) is 1.39. The van der Waals surface area contributed by atoms with E-state index in [1.807, 2.05) is 19.9 Å². The zero-order valence-corrected chi connectivity index (χ0v) is 12.6. The molecule has 0 unspecified atom stereocenters. The van der Waals surface area contributed by atoms with E-state index < -0.39 is 10.0 Å². The Morgan fingerprint density at radius 1 is 1.30 bits per heavy atom. The van der Waals surface area contributed by atoms with Crippen molar-refractivity contribution in [1.82, 2.24) is 4.72 Å².